The number of hydrogen-bond acceptors (Lipinski definition) is 3. The van der Waals surface area contributed by atoms with E-state index in [1.165, 1.54) is 5.69 Å². The second-order valence-electron chi connectivity index (χ2n) is 5.04. The first kappa shape index (κ1) is 15.7. The van der Waals surface area contributed by atoms with Crippen LogP contribution in [-0.2, 0) is 11.3 Å². The van der Waals surface area contributed by atoms with E-state index in [0.717, 1.165) is 25.1 Å². The molecule has 108 valence electrons. The Morgan fingerprint density at radius 2 is 2.21 bits per heavy atom. The highest BCUT2D eigenvalue weighted by atomic mass is 16.1. The summed E-state index contributed by atoms with van der Waals surface area (Å²) in [4.78, 5) is 11.5. The lowest BCUT2D eigenvalue weighted by atomic mass is 10.2. The molecule has 5 nitrogen and oxygen atoms in total. The van der Waals surface area contributed by atoms with E-state index in [9.17, 15) is 4.79 Å². The molecule has 2 N–H and O–H groups in total. The maximum atomic E-state index is 11.5. The van der Waals surface area contributed by atoms with Gasteiger partial charge in [-0.15, -0.1) is 0 Å². The molecule has 1 atom stereocenters. The molecule has 1 aromatic heterocycles. The van der Waals surface area contributed by atoms with Crippen LogP contribution < -0.4 is 10.6 Å². The largest absolute Gasteiger partial charge is 0.355 e. The first-order chi connectivity index (χ1) is 9.02. The van der Waals surface area contributed by atoms with E-state index >= 15 is 0 Å². The van der Waals surface area contributed by atoms with Crippen LogP contribution in [0.1, 0.15) is 38.1 Å². The smallest absolute Gasteiger partial charge is 0.233 e. The Balaban J connectivity index is 2.13. The van der Waals surface area contributed by atoms with Crippen molar-refractivity contribution in [2.24, 2.45) is 0 Å². The zero-order valence-electron chi connectivity index (χ0n) is 12.5. The van der Waals surface area contributed by atoms with Gasteiger partial charge in [-0.2, -0.15) is 5.10 Å². The second kappa shape index (κ2) is 7.94. The maximum absolute atomic E-state index is 11.5. The summed E-state index contributed by atoms with van der Waals surface area (Å²) in [6.07, 6.45) is 1.93. The average Bonchev–Trinajstić information content (AvgIpc) is 2.70. The number of carbonyl (C=O) groups is 1. The van der Waals surface area contributed by atoms with Gasteiger partial charge in [0.1, 0.15) is 0 Å². The fourth-order valence-electron chi connectivity index (χ4n) is 1.83. The fourth-order valence-corrected chi connectivity index (χ4v) is 1.83. The summed E-state index contributed by atoms with van der Waals surface area (Å²) in [6.45, 7) is 10.2. The van der Waals surface area contributed by atoms with E-state index < -0.39 is 0 Å². The first-order valence-corrected chi connectivity index (χ1v) is 7.04. The summed E-state index contributed by atoms with van der Waals surface area (Å²) >= 11 is 0. The molecule has 0 spiro atoms. The second-order valence-corrected chi connectivity index (χ2v) is 5.04. The van der Waals surface area contributed by atoms with Crippen molar-refractivity contribution in [2.45, 2.75) is 53.1 Å². The van der Waals surface area contributed by atoms with E-state index in [4.69, 9.17) is 0 Å². The minimum absolute atomic E-state index is 0.0636. The molecule has 0 aliphatic heterocycles. The number of hydrogen-bond donors (Lipinski definition) is 2. The van der Waals surface area contributed by atoms with Crippen molar-refractivity contribution < 1.29 is 4.79 Å². The quantitative estimate of drug-likeness (QED) is 0.699. The molecule has 0 aliphatic carbocycles. The predicted molar refractivity (Wildman–Crippen MR) is 77.1 cm³/mol. The molecule has 0 saturated carbocycles. The number of aryl methyl sites for hydroxylation is 3. The first-order valence-electron chi connectivity index (χ1n) is 7.04. The summed E-state index contributed by atoms with van der Waals surface area (Å²) in [5, 5.41) is 10.5. The molecule has 0 aliphatic rings. The van der Waals surface area contributed by atoms with E-state index in [2.05, 4.69) is 42.6 Å². The van der Waals surface area contributed by atoms with Crippen LogP contribution in [0.3, 0.4) is 0 Å². The van der Waals surface area contributed by atoms with Crippen LogP contribution in [-0.4, -0.2) is 34.8 Å². The molecular formula is C14H26N4O. The molecule has 0 aromatic carbocycles. The molecule has 0 radical (unpaired) electrons. The van der Waals surface area contributed by atoms with Gasteiger partial charge in [0.25, 0.3) is 0 Å². The Morgan fingerprint density at radius 1 is 1.47 bits per heavy atom. The Labute approximate surface area is 115 Å². The highest BCUT2D eigenvalue weighted by molar-refractivity contribution is 5.77. The van der Waals surface area contributed by atoms with Gasteiger partial charge in [-0.05, 0) is 39.7 Å². The van der Waals surface area contributed by atoms with Gasteiger partial charge >= 0.3 is 0 Å². The SMILES string of the molecule is CCC(C)NCC(=O)NCCCn1nc(C)cc1C. The summed E-state index contributed by atoms with van der Waals surface area (Å²) < 4.78 is 1.99. The number of nitrogens with zero attached hydrogens (tertiary/aromatic N) is 2. The third-order valence-corrected chi connectivity index (χ3v) is 3.20. The minimum Gasteiger partial charge on any atom is -0.355 e. The molecule has 1 rings (SSSR count). The Morgan fingerprint density at radius 3 is 2.79 bits per heavy atom. The van der Waals surface area contributed by atoms with Crippen LogP contribution in [0.25, 0.3) is 0 Å². The number of amides is 1. The highest BCUT2D eigenvalue weighted by Crippen LogP contribution is 2.02. The lowest BCUT2D eigenvalue weighted by Gasteiger charge is -2.11. The molecule has 1 heterocycles. The van der Waals surface area contributed by atoms with Gasteiger partial charge in [-0.3, -0.25) is 9.48 Å². The zero-order valence-corrected chi connectivity index (χ0v) is 12.5. The van der Waals surface area contributed by atoms with Crippen molar-refractivity contribution in [3.8, 4) is 0 Å². The van der Waals surface area contributed by atoms with Gasteiger partial charge in [-0.1, -0.05) is 6.92 Å². The minimum atomic E-state index is 0.0636. The summed E-state index contributed by atoms with van der Waals surface area (Å²) in [5.41, 5.74) is 2.21. The van der Waals surface area contributed by atoms with Crippen LogP contribution in [0, 0.1) is 13.8 Å². The van der Waals surface area contributed by atoms with Crippen molar-refractivity contribution in [1.82, 2.24) is 20.4 Å². The van der Waals surface area contributed by atoms with Crippen molar-refractivity contribution in [3.05, 3.63) is 17.5 Å². The molecule has 1 amide bonds. The van der Waals surface area contributed by atoms with Crippen molar-refractivity contribution in [2.75, 3.05) is 13.1 Å². The van der Waals surface area contributed by atoms with Gasteiger partial charge in [0.05, 0.1) is 12.2 Å². The van der Waals surface area contributed by atoms with Gasteiger partial charge < -0.3 is 10.6 Å². The topological polar surface area (TPSA) is 59.0 Å². The van der Waals surface area contributed by atoms with Gasteiger partial charge in [0.2, 0.25) is 5.91 Å². The third-order valence-electron chi connectivity index (χ3n) is 3.20. The van der Waals surface area contributed by atoms with Crippen LogP contribution in [0.4, 0.5) is 0 Å². The predicted octanol–water partition coefficient (Wildman–Crippen LogP) is 1.39. The molecular weight excluding hydrogens is 240 g/mol. The van der Waals surface area contributed by atoms with E-state index in [1.807, 2.05) is 11.6 Å². The van der Waals surface area contributed by atoms with Crippen LogP contribution >= 0.6 is 0 Å². The molecule has 5 heteroatoms. The summed E-state index contributed by atoms with van der Waals surface area (Å²) in [5.74, 6) is 0.0636. The monoisotopic (exact) mass is 266 g/mol. The lowest BCUT2D eigenvalue weighted by molar-refractivity contribution is -0.120. The average molecular weight is 266 g/mol. The molecule has 0 fully saturated rings. The number of carbonyl (C=O) groups excluding carboxylic acids is 1. The third kappa shape index (κ3) is 5.87. The number of aromatic nitrogens is 2. The normalized spacial score (nSPS) is 12.4. The standard InChI is InChI=1S/C14H26N4O/c1-5-11(2)16-10-14(19)15-7-6-8-18-13(4)9-12(3)17-18/h9,11,16H,5-8,10H2,1-4H3,(H,15,19). The van der Waals surface area contributed by atoms with E-state index in [1.54, 1.807) is 0 Å². The van der Waals surface area contributed by atoms with Crippen LogP contribution in [0.2, 0.25) is 0 Å². The van der Waals surface area contributed by atoms with Crippen LogP contribution in [0.15, 0.2) is 6.07 Å². The number of nitrogens with one attached hydrogen (secondary N) is 2. The van der Waals surface area contributed by atoms with Gasteiger partial charge in [0, 0.05) is 24.8 Å². The lowest BCUT2D eigenvalue weighted by Crippen LogP contribution is -2.38. The van der Waals surface area contributed by atoms with Crippen molar-refractivity contribution in [1.29, 1.82) is 0 Å². The van der Waals surface area contributed by atoms with Crippen molar-refractivity contribution >= 4 is 5.91 Å². The van der Waals surface area contributed by atoms with Crippen molar-refractivity contribution in [3.63, 3.8) is 0 Å². The van der Waals surface area contributed by atoms with E-state index in [-0.39, 0.29) is 5.91 Å². The van der Waals surface area contributed by atoms with Crippen LogP contribution in [0.5, 0.6) is 0 Å². The van der Waals surface area contributed by atoms with Gasteiger partial charge in [-0.25, -0.2) is 0 Å². The Bertz CT molecular complexity index is 400. The molecule has 0 bridgehead atoms. The summed E-state index contributed by atoms with van der Waals surface area (Å²) in [6, 6.07) is 2.45. The number of rotatable bonds is 8. The maximum Gasteiger partial charge on any atom is 0.233 e. The Hall–Kier alpha value is -1.36. The fraction of sp³-hybridized carbons (Fsp3) is 0.714. The molecule has 1 aromatic rings. The molecule has 1 unspecified atom stereocenters. The highest BCUT2D eigenvalue weighted by Gasteiger charge is 2.04. The Kier molecular flexibility index (Phi) is 6.56. The van der Waals surface area contributed by atoms with E-state index in [0.29, 0.717) is 19.1 Å². The van der Waals surface area contributed by atoms with Gasteiger partial charge in [0.15, 0.2) is 0 Å². The molecule has 19 heavy (non-hydrogen) atoms. The molecule has 0 saturated heterocycles. The zero-order chi connectivity index (χ0) is 14.3. The summed E-state index contributed by atoms with van der Waals surface area (Å²) in [7, 11) is 0.